The van der Waals surface area contributed by atoms with Gasteiger partial charge < -0.3 is 15.2 Å². The van der Waals surface area contributed by atoms with E-state index >= 15 is 0 Å². The quantitative estimate of drug-likeness (QED) is 0.584. The number of rotatable bonds is 3. The molecule has 130 valence electrons. The van der Waals surface area contributed by atoms with Gasteiger partial charge in [-0.15, -0.1) is 24.2 Å². The Balaban J connectivity index is 0.00000264. The number of carbonyl (C=O) groups excluding carboxylic acids is 3. The molecule has 1 fully saturated rings. The molecule has 23 heavy (non-hydrogen) atoms. The molecule has 0 aromatic heterocycles. The number of hydrogen-bond donors (Lipinski definition) is 1. The number of fused-ring (bicyclic) bond motifs is 1. The molecular weight excluding hydrogens is 344 g/mol. The van der Waals surface area contributed by atoms with Gasteiger partial charge in [0.1, 0.15) is 29.3 Å². The number of nitrogens with zero attached hydrogens (tertiary/aromatic N) is 1. The maximum absolute atomic E-state index is 12.4. The van der Waals surface area contributed by atoms with E-state index in [9.17, 15) is 14.4 Å². The Morgan fingerprint density at radius 2 is 2.00 bits per heavy atom. The van der Waals surface area contributed by atoms with Crippen molar-refractivity contribution in [1.82, 2.24) is 4.90 Å². The maximum Gasteiger partial charge on any atom is 0.355 e. The van der Waals surface area contributed by atoms with E-state index in [0.717, 1.165) is 0 Å². The third-order valence-corrected chi connectivity index (χ3v) is 4.49. The number of esters is 2. The van der Waals surface area contributed by atoms with Crippen LogP contribution in [0.3, 0.4) is 0 Å². The van der Waals surface area contributed by atoms with Gasteiger partial charge >= 0.3 is 11.9 Å². The predicted molar refractivity (Wildman–Crippen MR) is 87.8 cm³/mol. The smallest absolute Gasteiger partial charge is 0.355 e. The first-order valence-corrected chi connectivity index (χ1v) is 7.95. The van der Waals surface area contributed by atoms with Crippen molar-refractivity contribution >= 4 is 42.0 Å². The highest BCUT2D eigenvalue weighted by Gasteiger charge is 2.52. The Morgan fingerprint density at radius 3 is 2.52 bits per heavy atom. The Hall–Kier alpha value is -1.25. The van der Waals surface area contributed by atoms with Crippen molar-refractivity contribution in [2.24, 2.45) is 5.73 Å². The van der Waals surface area contributed by atoms with Gasteiger partial charge in [0.2, 0.25) is 5.91 Å². The summed E-state index contributed by atoms with van der Waals surface area (Å²) in [4.78, 5) is 36.8. The van der Waals surface area contributed by atoms with Crippen molar-refractivity contribution in [2.45, 2.75) is 44.7 Å². The SMILES string of the molecule is CC(=O)OCC1=C(C(=O)OC(C)(C)C)N2C(=O)C(N)[C@H]2SC1.Cl. The average Bonchev–Trinajstić information content (AvgIpc) is 2.41. The molecule has 0 bridgehead atoms. The van der Waals surface area contributed by atoms with Crippen LogP contribution in [0, 0.1) is 0 Å². The second-order valence-electron chi connectivity index (χ2n) is 6.17. The fraction of sp³-hybridized carbons (Fsp3) is 0.643. The molecule has 2 aliphatic rings. The van der Waals surface area contributed by atoms with Crippen LogP contribution in [0.15, 0.2) is 11.3 Å². The van der Waals surface area contributed by atoms with E-state index in [1.165, 1.54) is 23.6 Å². The van der Waals surface area contributed by atoms with Crippen molar-refractivity contribution < 1.29 is 23.9 Å². The molecule has 0 aromatic rings. The molecule has 7 nitrogen and oxygen atoms in total. The second kappa shape index (κ2) is 7.11. The zero-order chi connectivity index (χ0) is 16.7. The lowest BCUT2D eigenvalue weighted by Crippen LogP contribution is -2.68. The first-order valence-electron chi connectivity index (χ1n) is 6.91. The molecule has 0 spiro atoms. The summed E-state index contributed by atoms with van der Waals surface area (Å²) in [7, 11) is 0. The summed E-state index contributed by atoms with van der Waals surface area (Å²) in [5, 5.41) is -0.268. The number of hydrogen-bond acceptors (Lipinski definition) is 7. The van der Waals surface area contributed by atoms with Crippen LogP contribution in [0.5, 0.6) is 0 Å². The van der Waals surface area contributed by atoms with Crippen LogP contribution in [0.4, 0.5) is 0 Å². The third-order valence-electron chi connectivity index (χ3n) is 3.13. The molecule has 0 aliphatic carbocycles. The molecule has 2 N–H and O–H groups in total. The number of nitrogens with two attached hydrogens (primary N) is 1. The first kappa shape index (κ1) is 19.8. The third kappa shape index (κ3) is 4.19. The molecule has 1 unspecified atom stereocenters. The minimum atomic E-state index is -0.688. The number of thioether (sulfide) groups is 1. The van der Waals surface area contributed by atoms with Crippen molar-refractivity contribution in [1.29, 1.82) is 0 Å². The van der Waals surface area contributed by atoms with Crippen LogP contribution >= 0.6 is 24.2 Å². The van der Waals surface area contributed by atoms with E-state index in [1.807, 2.05) is 0 Å². The molecule has 0 aromatic carbocycles. The van der Waals surface area contributed by atoms with Gasteiger partial charge in [-0.2, -0.15) is 0 Å². The van der Waals surface area contributed by atoms with Gasteiger partial charge in [-0.05, 0) is 20.8 Å². The van der Waals surface area contributed by atoms with Crippen LogP contribution in [-0.4, -0.2) is 52.1 Å². The van der Waals surface area contributed by atoms with Crippen molar-refractivity contribution in [3.05, 3.63) is 11.3 Å². The van der Waals surface area contributed by atoms with Crippen LogP contribution in [0.1, 0.15) is 27.7 Å². The van der Waals surface area contributed by atoms with Gasteiger partial charge in [0.25, 0.3) is 0 Å². The molecule has 0 saturated carbocycles. The normalized spacial score (nSPS) is 23.5. The lowest BCUT2D eigenvalue weighted by atomic mass is 10.0. The summed E-state index contributed by atoms with van der Waals surface area (Å²) in [6.45, 7) is 6.49. The zero-order valence-corrected chi connectivity index (χ0v) is 15.1. The van der Waals surface area contributed by atoms with E-state index < -0.39 is 23.6 Å². The first-order chi connectivity index (χ1) is 10.1. The van der Waals surface area contributed by atoms with E-state index in [-0.39, 0.29) is 36.0 Å². The number of amides is 1. The number of ether oxygens (including phenoxy) is 2. The van der Waals surface area contributed by atoms with Crippen molar-refractivity contribution in [3.63, 3.8) is 0 Å². The minimum Gasteiger partial charge on any atom is -0.461 e. The molecule has 2 aliphatic heterocycles. The van der Waals surface area contributed by atoms with E-state index in [2.05, 4.69) is 0 Å². The van der Waals surface area contributed by atoms with E-state index in [4.69, 9.17) is 15.2 Å². The highest BCUT2D eigenvalue weighted by Crippen LogP contribution is 2.40. The molecule has 2 heterocycles. The summed E-state index contributed by atoms with van der Waals surface area (Å²) < 4.78 is 10.3. The van der Waals surface area contributed by atoms with Crippen LogP contribution in [0.2, 0.25) is 0 Å². The monoisotopic (exact) mass is 364 g/mol. The Labute approximate surface area is 145 Å². The molecule has 1 amide bonds. The summed E-state index contributed by atoms with van der Waals surface area (Å²) in [6, 6.07) is -0.613. The van der Waals surface area contributed by atoms with Gasteiger partial charge in [-0.25, -0.2) is 4.79 Å². The molecule has 2 rings (SSSR count). The van der Waals surface area contributed by atoms with Crippen LogP contribution in [0.25, 0.3) is 0 Å². The van der Waals surface area contributed by atoms with Gasteiger partial charge in [-0.1, -0.05) is 0 Å². The standard InChI is InChI=1S/C14H20N2O5S.ClH/c1-7(17)20-5-8-6-22-12-9(15)11(18)16(12)10(8)13(19)21-14(2,3)4;/h9,12H,5-6,15H2,1-4H3;1H/t9?,12-;/m1./s1. The van der Waals surface area contributed by atoms with Gasteiger partial charge in [0, 0.05) is 18.2 Å². The van der Waals surface area contributed by atoms with Crippen molar-refractivity contribution in [3.8, 4) is 0 Å². The Morgan fingerprint density at radius 1 is 1.39 bits per heavy atom. The fourth-order valence-electron chi connectivity index (χ4n) is 2.19. The Bertz CT molecular complexity index is 558. The number of β-lactam (4-membered cyclic amide) rings is 1. The van der Waals surface area contributed by atoms with E-state index in [1.54, 1.807) is 20.8 Å². The van der Waals surface area contributed by atoms with Crippen LogP contribution in [-0.2, 0) is 23.9 Å². The summed E-state index contributed by atoms with van der Waals surface area (Å²) in [5.41, 5.74) is 5.79. The molecule has 9 heteroatoms. The minimum absolute atomic E-state index is 0. The zero-order valence-electron chi connectivity index (χ0n) is 13.5. The summed E-state index contributed by atoms with van der Waals surface area (Å²) in [5.74, 6) is -0.905. The van der Waals surface area contributed by atoms with Crippen LogP contribution < -0.4 is 5.73 Å². The predicted octanol–water partition coefficient (Wildman–Crippen LogP) is 0.810. The number of halogens is 1. The average molecular weight is 365 g/mol. The second-order valence-corrected chi connectivity index (χ2v) is 7.27. The lowest BCUT2D eigenvalue weighted by molar-refractivity contribution is -0.158. The largest absolute Gasteiger partial charge is 0.461 e. The molecule has 0 radical (unpaired) electrons. The topological polar surface area (TPSA) is 98.9 Å². The van der Waals surface area contributed by atoms with Crippen molar-refractivity contribution in [2.75, 3.05) is 12.4 Å². The molecular formula is C14H21ClN2O5S. The van der Waals surface area contributed by atoms with Gasteiger partial charge in [-0.3, -0.25) is 14.5 Å². The Kier molecular flexibility index (Phi) is 6.12. The molecule has 1 saturated heterocycles. The lowest BCUT2D eigenvalue weighted by Gasteiger charge is -2.48. The molecule has 2 atom stereocenters. The fourth-order valence-corrected chi connectivity index (χ4v) is 3.47. The van der Waals surface area contributed by atoms with E-state index in [0.29, 0.717) is 11.3 Å². The summed E-state index contributed by atoms with van der Waals surface area (Å²) in [6.07, 6.45) is 0. The van der Waals surface area contributed by atoms with Gasteiger partial charge in [0.05, 0.1) is 0 Å². The highest BCUT2D eigenvalue weighted by molar-refractivity contribution is 8.00. The summed E-state index contributed by atoms with van der Waals surface area (Å²) >= 11 is 1.45. The number of carbonyl (C=O) groups is 3. The van der Waals surface area contributed by atoms with Gasteiger partial charge in [0.15, 0.2) is 0 Å². The maximum atomic E-state index is 12.4. The highest BCUT2D eigenvalue weighted by atomic mass is 35.5.